The summed E-state index contributed by atoms with van der Waals surface area (Å²) in [5.74, 6) is -1.69. The molecule has 4 nitrogen and oxygen atoms in total. The molecule has 0 bridgehead atoms. The van der Waals surface area contributed by atoms with Crippen LogP contribution in [0, 0.1) is 5.82 Å². The monoisotopic (exact) mass is 211 g/mol. The Morgan fingerprint density at radius 2 is 2.27 bits per heavy atom. The molecule has 0 amide bonds. The highest BCUT2D eigenvalue weighted by Crippen LogP contribution is 2.11. The summed E-state index contributed by atoms with van der Waals surface area (Å²) in [7, 11) is 0. The van der Waals surface area contributed by atoms with Gasteiger partial charge in [0.15, 0.2) is 0 Å². The van der Waals surface area contributed by atoms with Crippen LogP contribution in [0.15, 0.2) is 18.2 Å². The molecule has 0 saturated heterocycles. The summed E-state index contributed by atoms with van der Waals surface area (Å²) in [5.41, 5.74) is 5.86. The fraction of sp³-hybridized carbons (Fsp3) is 0.200. The summed E-state index contributed by atoms with van der Waals surface area (Å²) in [4.78, 5) is 21.1. The maximum absolute atomic E-state index is 12.7. The minimum Gasteiger partial charge on any atom is -0.480 e. The predicted octanol–water partition coefficient (Wildman–Crippen LogP) is 0.593. The van der Waals surface area contributed by atoms with Gasteiger partial charge in [0.05, 0.1) is 0 Å². The molecule has 0 aliphatic rings. The average molecular weight is 211 g/mol. The first-order valence-electron chi connectivity index (χ1n) is 4.26. The number of aldehydes is 1. The van der Waals surface area contributed by atoms with Gasteiger partial charge >= 0.3 is 5.97 Å². The average Bonchev–Trinajstić information content (AvgIpc) is 2.20. The SMILES string of the molecule is NC(Cc1ccc(F)cc1C=O)C(=O)O. The largest absolute Gasteiger partial charge is 0.480 e. The van der Waals surface area contributed by atoms with E-state index in [1.165, 1.54) is 6.07 Å². The Morgan fingerprint density at radius 3 is 2.80 bits per heavy atom. The molecule has 0 spiro atoms. The quantitative estimate of drug-likeness (QED) is 0.714. The number of aliphatic carboxylic acids is 1. The topological polar surface area (TPSA) is 80.4 Å². The number of nitrogens with two attached hydrogens (primary N) is 1. The number of rotatable bonds is 4. The second-order valence-electron chi connectivity index (χ2n) is 3.11. The number of carboxylic acid groups (broad SMARTS) is 1. The van der Waals surface area contributed by atoms with Crippen molar-refractivity contribution in [3.8, 4) is 0 Å². The summed E-state index contributed by atoms with van der Waals surface area (Å²) in [6, 6.07) is 2.49. The molecule has 0 aliphatic carbocycles. The molecule has 0 aliphatic heterocycles. The van der Waals surface area contributed by atoms with Crippen molar-refractivity contribution in [2.75, 3.05) is 0 Å². The van der Waals surface area contributed by atoms with Crippen LogP contribution in [0.4, 0.5) is 4.39 Å². The highest BCUT2D eigenvalue weighted by atomic mass is 19.1. The number of benzene rings is 1. The van der Waals surface area contributed by atoms with Gasteiger partial charge in [0.2, 0.25) is 0 Å². The van der Waals surface area contributed by atoms with E-state index >= 15 is 0 Å². The van der Waals surface area contributed by atoms with E-state index in [0.29, 0.717) is 11.8 Å². The second-order valence-corrected chi connectivity index (χ2v) is 3.11. The van der Waals surface area contributed by atoms with E-state index in [9.17, 15) is 14.0 Å². The van der Waals surface area contributed by atoms with Gasteiger partial charge in [-0.3, -0.25) is 9.59 Å². The zero-order chi connectivity index (χ0) is 11.4. The third kappa shape index (κ3) is 2.85. The van der Waals surface area contributed by atoms with Crippen LogP contribution in [0.25, 0.3) is 0 Å². The zero-order valence-corrected chi connectivity index (χ0v) is 7.81. The molecule has 0 fully saturated rings. The molecule has 0 aromatic heterocycles. The maximum Gasteiger partial charge on any atom is 0.320 e. The van der Waals surface area contributed by atoms with E-state index in [0.717, 1.165) is 12.1 Å². The van der Waals surface area contributed by atoms with Crippen LogP contribution in [0.1, 0.15) is 15.9 Å². The molecule has 0 radical (unpaired) electrons. The molecule has 1 aromatic rings. The van der Waals surface area contributed by atoms with Gasteiger partial charge in [-0.1, -0.05) is 6.07 Å². The fourth-order valence-electron chi connectivity index (χ4n) is 1.19. The van der Waals surface area contributed by atoms with Gasteiger partial charge in [0.25, 0.3) is 0 Å². The highest BCUT2D eigenvalue weighted by molar-refractivity contribution is 5.79. The van der Waals surface area contributed by atoms with Crippen LogP contribution < -0.4 is 5.73 Å². The van der Waals surface area contributed by atoms with Gasteiger partial charge < -0.3 is 10.8 Å². The molecule has 0 saturated carbocycles. The van der Waals surface area contributed by atoms with Crippen LogP contribution in [-0.4, -0.2) is 23.4 Å². The summed E-state index contributed by atoms with van der Waals surface area (Å²) in [6.45, 7) is 0. The van der Waals surface area contributed by atoms with Crippen LogP contribution in [0.5, 0.6) is 0 Å². The number of carbonyl (C=O) groups is 2. The lowest BCUT2D eigenvalue weighted by Crippen LogP contribution is -2.32. The van der Waals surface area contributed by atoms with Crippen molar-refractivity contribution in [2.24, 2.45) is 5.73 Å². The number of hydrogen-bond acceptors (Lipinski definition) is 3. The third-order valence-corrected chi connectivity index (χ3v) is 1.99. The zero-order valence-electron chi connectivity index (χ0n) is 7.81. The lowest BCUT2D eigenvalue weighted by Gasteiger charge is -2.08. The number of carbonyl (C=O) groups excluding carboxylic acids is 1. The summed E-state index contributed by atoms with van der Waals surface area (Å²) >= 11 is 0. The number of hydrogen-bond donors (Lipinski definition) is 2. The Bertz CT molecular complexity index is 392. The molecular weight excluding hydrogens is 201 g/mol. The molecule has 5 heteroatoms. The van der Waals surface area contributed by atoms with Crippen molar-refractivity contribution in [2.45, 2.75) is 12.5 Å². The molecule has 80 valence electrons. The molecule has 1 aromatic carbocycles. The number of halogens is 1. The summed E-state index contributed by atoms with van der Waals surface area (Å²) in [6.07, 6.45) is 0.483. The first-order chi connectivity index (χ1) is 7.04. The Hall–Kier alpha value is -1.75. The Kier molecular flexibility index (Phi) is 3.51. The van der Waals surface area contributed by atoms with E-state index in [2.05, 4.69) is 0 Å². The normalized spacial score (nSPS) is 12.1. The van der Waals surface area contributed by atoms with Crippen molar-refractivity contribution in [1.82, 2.24) is 0 Å². The smallest absolute Gasteiger partial charge is 0.320 e. The van der Waals surface area contributed by atoms with Crippen LogP contribution >= 0.6 is 0 Å². The number of carboxylic acids is 1. The minimum atomic E-state index is -1.16. The Labute approximate surface area is 85.5 Å². The van der Waals surface area contributed by atoms with E-state index in [1.807, 2.05) is 0 Å². The summed E-state index contributed by atoms with van der Waals surface area (Å²) < 4.78 is 12.7. The third-order valence-electron chi connectivity index (χ3n) is 1.99. The van der Waals surface area contributed by atoms with Gasteiger partial charge in [0.1, 0.15) is 18.1 Å². The van der Waals surface area contributed by atoms with E-state index in [-0.39, 0.29) is 12.0 Å². The fourth-order valence-corrected chi connectivity index (χ4v) is 1.19. The second kappa shape index (κ2) is 4.65. The van der Waals surface area contributed by atoms with Crippen molar-refractivity contribution in [3.05, 3.63) is 35.1 Å². The van der Waals surface area contributed by atoms with Crippen molar-refractivity contribution >= 4 is 12.3 Å². The van der Waals surface area contributed by atoms with Crippen molar-refractivity contribution in [1.29, 1.82) is 0 Å². The first-order valence-corrected chi connectivity index (χ1v) is 4.26. The maximum atomic E-state index is 12.7. The molecule has 1 unspecified atom stereocenters. The molecule has 1 rings (SSSR count). The van der Waals surface area contributed by atoms with Crippen LogP contribution in [0.2, 0.25) is 0 Å². The van der Waals surface area contributed by atoms with Gasteiger partial charge in [-0.25, -0.2) is 4.39 Å². The summed E-state index contributed by atoms with van der Waals surface area (Å²) in [5, 5.41) is 8.57. The van der Waals surface area contributed by atoms with Crippen molar-refractivity contribution < 1.29 is 19.1 Å². The molecule has 15 heavy (non-hydrogen) atoms. The van der Waals surface area contributed by atoms with Gasteiger partial charge in [0, 0.05) is 5.56 Å². The molecule has 0 heterocycles. The molecule has 1 atom stereocenters. The predicted molar refractivity (Wildman–Crippen MR) is 51.1 cm³/mol. The van der Waals surface area contributed by atoms with Crippen LogP contribution in [0.3, 0.4) is 0 Å². The molecule has 3 N–H and O–H groups in total. The van der Waals surface area contributed by atoms with Crippen LogP contribution in [-0.2, 0) is 11.2 Å². The van der Waals surface area contributed by atoms with Crippen molar-refractivity contribution in [3.63, 3.8) is 0 Å². The van der Waals surface area contributed by atoms with Gasteiger partial charge in [-0.05, 0) is 24.1 Å². The van der Waals surface area contributed by atoms with Gasteiger partial charge in [-0.2, -0.15) is 0 Å². The Balaban J connectivity index is 2.94. The van der Waals surface area contributed by atoms with Gasteiger partial charge in [-0.15, -0.1) is 0 Å². The standard InChI is InChI=1S/C10H10FNO3/c11-8-2-1-6(7(3-8)5-13)4-9(12)10(14)15/h1-3,5,9H,4,12H2,(H,14,15). The highest BCUT2D eigenvalue weighted by Gasteiger charge is 2.14. The molecular formula is C10H10FNO3. The first kappa shape index (κ1) is 11.3. The van der Waals surface area contributed by atoms with E-state index in [1.54, 1.807) is 0 Å². The lowest BCUT2D eigenvalue weighted by molar-refractivity contribution is -0.138. The minimum absolute atomic E-state index is 0.00366. The van der Waals surface area contributed by atoms with E-state index < -0.39 is 17.8 Å². The lowest BCUT2D eigenvalue weighted by atomic mass is 10.0. The van der Waals surface area contributed by atoms with E-state index in [4.69, 9.17) is 10.8 Å². The Morgan fingerprint density at radius 1 is 1.60 bits per heavy atom.